The molecule has 7 heteroatoms. The lowest BCUT2D eigenvalue weighted by Crippen LogP contribution is -2.18. The number of thiocarbonyl (C=S) groups is 1. The summed E-state index contributed by atoms with van der Waals surface area (Å²) in [6.45, 7) is 0. The number of carbonyl (C=O) groups is 1. The molecule has 0 fully saturated rings. The van der Waals surface area contributed by atoms with E-state index in [1.54, 1.807) is 18.2 Å². The molecule has 3 N–H and O–H groups in total. The topological polar surface area (TPSA) is 68.0 Å². The summed E-state index contributed by atoms with van der Waals surface area (Å²) in [7, 11) is 0. The van der Waals surface area contributed by atoms with Crippen molar-refractivity contribution in [2.75, 3.05) is 5.32 Å². The van der Waals surface area contributed by atoms with Crippen LogP contribution in [0.25, 0.3) is 0 Å². The first-order valence-electron chi connectivity index (χ1n) is 5.49. The molecule has 2 aromatic rings. The molecule has 0 spiro atoms. The second-order valence-corrected chi connectivity index (χ2v) is 5.63. The number of carbonyl (C=O) groups excluding carboxylic acids is 1. The molecule has 0 aliphatic heterocycles. The van der Waals surface area contributed by atoms with Gasteiger partial charge in [0.25, 0.3) is 5.91 Å². The molecule has 1 aromatic heterocycles. The lowest BCUT2D eigenvalue weighted by molar-refractivity contribution is 0.102. The second-order valence-electron chi connectivity index (χ2n) is 3.86. The Balaban J connectivity index is 2.33. The van der Waals surface area contributed by atoms with Crippen molar-refractivity contribution >= 4 is 56.3 Å². The van der Waals surface area contributed by atoms with E-state index in [-0.39, 0.29) is 15.9 Å². The zero-order valence-electron chi connectivity index (χ0n) is 10.1. The monoisotopic (exact) mass is 369 g/mol. The molecular weight excluding hydrogens is 362 g/mol. The number of nitrogens with zero attached hydrogens (tertiary/aromatic N) is 1. The fourth-order valence-electron chi connectivity index (χ4n) is 1.58. The quantitative estimate of drug-likeness (QED) is 0.813. The Morgan fingerprint density at radius 2 is 2.10 bits per heavy atom. The van der Waals surface area contributed by atoms with Crippen LogP contribution in [0.15, 0.2) is 41.1 Å². The largest absolute Gasteiger partial charge is 0.389 e. The predicted octanol–water partition coefficient (Wildman–Crippen LogP) is 3.38. The molecular formula is C13H9BrClN3OS. The molecule has 0 unspecified atom stereocenters. The van der Waals surface area contributed by atoms with Gasteiger partial charge in [-0.05, 0) is 24.3 Å². The summed E-state index contributed by atoms with van der Waals surface area (Å²) in [5, 5.41) is 3.01. The number of benzene rings is 1. The lowest BCUT2D eigenvalue weighted by atomic mass is 10.1. The van der Waals surface area contributed by atoms with Gasteiger partial charge in [-0.2, -0.15) is 0 Å². The smallest absolute Gasteiger partial charge is 0.257 e. The summed E-state index contributed by atoms with van der Waals surface area (Å²) in [5.41, 5.74) is 7.09. The first-order valence-corrected chi connectivity index (χ1v) is 7.07. The molecule has 4 nitrogen and oxygen atoms in total. The Morgan fingerprint density at radius 1 is 1.35 bits per heavy atom. The van der Waals surface area contributed by atoms with Crippen molar-refractivity contribution in [1.29, 1.82) is 0 Å². The van der Waals surface area contributed by atoms with Crippen LogP contribution in [0.1, 0.15) is 15.9 Å². The third-order valence-corrected chi connectivity index (χ3v) is 3.53. The summed E-state index contributed by atoms with van der Waals surface area (Å²) >= 11 is 14.2. The SMILES string of the molecule is NC(=S)c1cc(Br)ccc1NC(=O)c1ccncc1Cl. The molecule has 0 aliphatic carbocycles. The molecule has 0 atom stereocenters. The highest BCUT2D eigenvalue weighted by Crippen LogP contribution is 2.23. The van der Waals surface area contributed by atoms with Crippen LogP contribution in [0.2, 0.25) is 5.02 Å². The lowest BCUT2D eigenvalue weighted by Gasteiger charge is -2.11. The highest BCUT2D eigenvalue weighted by molar-refractivity contribution is 9.10. The highest BCUT2D eigenvalue weighted by atomic mass is 79.9. The fourth-order valence-corrected chi connectivity index (χ4v) is 2.31. The Kier molecular flexibility index (Phi) is 4.69. The molecule has 0 radical (unpaired) electrons. The van der Waals surface area contributed by atoms with E-state index in [1.165, 1.54) is 18.5 Å². The molecule has 102 valence electrons. The number of aromatic nitrogens is 1. The molecule has 0 saturated heterocycles. The first kappa shape index (κ1) is 14.9. The average molecular weight is 371 g/mol. The van der Waals surface area contributed by atoms with Gasteiger partial charge >= 0.3 is 0 Å². The molecule has 0 saturated carbocycles. The summed E-state index contributed by atoms with van der Waals surface area (Å²) in [6.07, 6.45) is 2.91. The van der Waals surface area contributed by atoms with Crippen LogP contribution in [0.3, 0.4) is 0 Å². The van der Waals surface area contributed by atoms with Crippen LogP contribution in [0, 0.1) is 0 Å². The summed E-state index contributed by atoms with van der Waals surface area (Å²) in [6, 6.07) is 6.78. The number of amides is 1. The normalized spacial score (nSPS) is 10.1. The Bertz CT molecular complexity index is 693. The number of nitrogens with one attached hydrogen (secondary N) is 1. The molecule has 0 bridgehead atoms. The highest BCUT2D eigenvalue weighted by Gasteiger charge is 2.13. The van der Waals surface area contributed by atoms with E-state index in [1.807, 2.05) is 0 Å². The van der Waals surface area contributed by atoms with Gasteiger partial charge in [-0.3, -0.25) is 9.78 Å². The van der Waals surface area contributed by atoms with Gasteiger partial charge in [0.05, 0.1) is 16.3 Å². The minimum absolute atomic E-state index is 0.197. The molecule has 1 amide bonds. The minimum atomic E-state index is -0.350. The number of anilines is 1. The third-order valence-electron chi connectivity index (χ3n) is 2.51. The zero-order chi connectivity index (χ0) is 14.7. The number of hydrogen-bond donors (Lipinski definition) is 2. The minimum Gasteiger partial charge on any atom is -0.389 e. The summed E-state index contributed by atoms with van der Waals surface area (Å²) in [5.74, 6) is -0.350. The van der Waals surface area contributed by atoms with Crippen molar-refractivity contribution in [2.45, 2.75) is 0 Å². The van der Waals surface area contributed by atoms with Gasteiger partial charge in [-0.15, -0.1) is 0 Å². The van der Waals surface area contributed by atoms with E-state index in [0.29, 0.717) is 16.8 Å². The Hall–Kier alpha value is -1.50. The maximum absolute atomic E-state index is 12.2. The summed E-state index contributed by atoms with van der Waals surface area (Å²) < 4.78 is 0.820. The van der Waals surface area contributed by atoms with E-state index in [4.69, 9.17) is 29.6 Å². The van der Waals surface area contributed by atoms with Gasteiger partial charge in [-0.1, -0.05) is 39.7 Å². The number of nitrogens with two attached hydrogens (primary N) is 1. The van der Waals surface area contributed by atoms with Crippen molar-refractivity contribution < 1.29 is 4.79 Å². The van der Waals surface area contributed by atoms with Crippen molar-refractivity contribution in [3.8, 4) is 0 Å². The van der Waals surface area contributed by atoms with E-state index in [0.717, 1.165) is 4.47 Å². The third kappa shape index (κ3) is 3.33. The van der Waals surface area contributed by atoms with Gasteiger partial charge in [0, 0.05) is 22.4 Å². The Morgan fingerprint density at radius 3 is 2.75 bits per heavy atom. The fraction of sp³-hybridized carbons (Fsp3) is 0. The van der Waals surface area contributed by atoms with Crippen LogP contribution in [0.4, 0.5) is 5.69 Å². The standard InChI is InChI=1S/C13H9BrClN3OS/c14-7-1-2-11(9(5-7)12(16)20)18-13(19)8-3-4-17-6-10(8)15/h1-6H,(H2,16,20)(H,18,19). The molecule has 1 heterocycles. The van der Waals surface area contributed by atoms with Crippen molar-refractivity contribution in [3.05, 3.63) is 57.3 Å². The zero-order valence-corrected chi connectivity index (χ0v) is 13.2. The van der Waals surface area contributed by atoms with Gasteiger partial charge in [0.15, 0.2) is 0 Å². The number of halogens is 2. The van der Waals surface area contributed by atoms with E-state index >= 15 is 0 Å². The van der Waals surface area contributed by atoms with Crippen LogP contribution >= 0.6 is 39.7 Å². The van der Waals surface area contributed by atoms with E-state index < -0.39 is 0 Å². The first-order chi connectivity index (χ1) is 9.49. The molecule has 2 rings (SSSR count). The van der Waals surface area contributed by atoms with Gasteiger partial charge in [0.2, 0.25) is 0 Å². The van der Waals surface area contributed by atoms with Gasteiger partial charge < -0.3 is 11.1 Å². The number of pyridine rings is 1. The molecule has 20 heavy (non-hydrogen) atoms. The summed E-state index contributed by atoms with van der Waals surface area (Å²) in [4.78, 5) is 16.2. The second kappa shape index (κ2) is 6.30. The van der Waals surface area contributed by atoms with Crippen LogP contribution in [-0.4, -0.2) is 15.9 Å². The number of rotatable bonds is 3. The van der Waals surface area contributed by atoms with Crippen molar-refractivity contribution in [3.63, 3.8) is 0 Å². The predicted molar refractivity (Wildman–Crippen MR) is 87.2 cm³/mol. The maximum Gasteiger partial charge on any atom is 0.257 e. The van der Waals surface area contributed by atoms with Crippen molar-refractivity contribution in [1.82, 2.24) is 4.98 Å². The van der Waals surface area contributed by atoms with E-state index in [2.05, 4.69) is 26.2 Å². The van der Waals surface area contributed by atoms with Crippen LogP contribution in [-0.2, 0) is 0 Å². The molecule has 0 aliphatic rings. The number of hydrogen-bond acceptors (Lipinski definition) is 3. The average Bonchev–Trinajstić information content (AvgIpc) is 2.41. The maximum atomic E-state index is 12.2. The van der Waals surface area contributed by atoms with Crippen LogP contribution < -0.4 is 11.1 Å². The van der Waals surface area contributed by atoms with E-state index in [9.17, 15) is 4.79 Å². The molecule has 1 aromatic carbocycles. The van der Waals surface area contributed by atoms with Crippen LogP contribution in [0.5, 0.6) is 0 Å². The Labute approximate surface area is 134 Å². The van der Waals surface area contributed by atoms with Crippen molar-refractivity contribution in [2.24, 2.45) is 5.73 Å². The van der Waals surface area contributed by atoms with Gasteiger partial charge in [0.1, 0.15) is 4.99 Å². The van der Waals surface area contributed by atoms with Gasteiger partial charge in [-0.25, -0.2) is 0 Å².